The molecule has 1 N–H and O–H groups in total. The van der Waals surface area contributed by atoms with Gasteiger partial charge in [0.15, 0.2) is 11.6 Å². The van der Waals surface area contributed by atoms with Crippen LogP contribution in [-0.2, 0) is 0 Å². The van der Waals surface area contributed by atoms with Gasteiger partial charge in [-0.3, -0.25) is 10.1 Å². The smallest absolute Gasteiger partial charge is 0.233 e. The summed E-state index contributed by atoms with van der Waals surface area (Å²) in [5, 5.41) is 19.1. The van der Waals surface area contributed by atoms with Crippen LogP contribution in [-0.4, -0.2) is 16.6 Å². The summed E-state index contributed by atoms with van der Waals surface area (Å²) in [5.74, 6) is -4.19. The average molecular weight is 221 g/mol. The molecule has 0 saturated heterocycles. The molecule has 0 spiro atoms. The van der Waals surface area contributed by atoms with Gasteiger partial charge in [0, 0.05) is 4.92 Å². The Bertz CT molecular complexity index is 397. The van der Waals surface area contributed by atoms with Crippen molar-refractivity contribution in [2.45, 2.75) is 6.10 Å². The third-order valence-corrected chi connectivity index (χ3v) is 1.73. The molecular weight excluding hydrogens is 215 g/mol. The van der Waals surface area contributed by atoms with Crippen LogP contribution in [0.25, 0.3) is 0 Å². The van der Waals surface area contributed by atoms with E-state index < -0.39 is 40.6 Å². The summed E-state index contributed by atoms with van der Waals surface area (Å²) >= 11 is 0. The lowest BCUT2D eigenvalue weighted by Gasteiger charge is -2.08. The van der Waals surface area contributed by atoms with E-state index in [1.54, 1.807) is 0 Å². The molecule has 15 heavy (non-hydrogen) atoms. The van der Waals surface area contributed by atoms with Crippen molar-refractivity contribution in [1.82, 2.24) is 0 Å². The van der Waals surface area contributed by atoms with Crippen LogP contribution in [0.1, 0.15) is 11.7 Å². The molecule has 0 heterocycles. The molecule has 82 valence electrons. The summed E-state index contributed by atoms with van der Waals surface area (Å²) in [4.78, 5) is 9.05. The van der Waals surface area contributed by atoms with E-state index in [9.17, 15) is 23.3 Å². The number of nitrogens with zero attached hydrogens (tertiary/aromatic N) is 1. The Morgan fingerprint density at radius 1 is 1.33 bits per heavy atom. The SMILES string of the molecule is O=[N+]([O-])CC(O)c1c(F)ccc(F)c1F. The fourth-order valence-electron chi connectivity index (χ4n) is 1.08. The van der Waals surface area contributed by atoms with E-state index in [0.29, 0.717) is 12.1 Å². The molecule has 0 amide bonds. The van der Waals surface area contributed by atoms with Crippen LogP contribution >= 0.6 is 0 Å². The van der Waals surface area contributed by atoms with Gasteiger partial charge in [-0.05, 0) is 12.1 Å². The highest BCUT2D eigenvalue weighted by atomic mass is 19.2. The molecule has 4 nitrogen and oxygen atoms in total. The Morgan fingerprint density at radius 3 is 2.40 bits per heavy atom. The second kappa shape index (κ2) is 4.26. The number of benzene rings is 1. The van der Waals surface area contributed by atoms with Gasteiger partial charge < -0.3 is 5.11 Å². The second-order valence-corrected chi connectivity index (χ2v) is 2.79. The summed E-state index contributed by atoms with van der Waals surface area (Å²) in [7, 11) is 0. The van der Waals surface area contributed by atoms with Crippen molar-refractivity contribution in [3.8, 4) is 0 Å². The monoisotopic (exact) mass is 221 g/mol. The maximum Gasteiger partial charge on any atom is 0.233 e. The molecular formula is C8H6F3NO3. The number of aliphatic hydroxyl groups excluding tert-OH is 1. The average Bonchev–Trinajstić information content (AvgIpc) is 2.11. The molecule has 0 bridgehead atoms. The Hall–Kier alpha value is -1.63. The molecule has 0 saturated carbocycles. The number of hydrogen-bond acceptors (Lipinski definition) is 3. The lowest BCUT2D eigenvalue weighted by atomic mass is 10.1. The topological polar surface area (TPSA) is 63.4 Å². The van der Waals surface area contributed by atoms with Crippen LogP contribution in [0.4, 0.5) is 13.2 Å². The normalized spacial score (nSPS) is 12.5. The summed E-state index contributed by atoms with van der Waals surface area (Å²) in [6.07, 6.45) is -2.00. The largest absolute Gasteiger partial charge is 0.381 e. The molecule has 0 aliphatic carbocycles. The van der Waals surface area contributed by atoms with Crippen molar-refractivity contribution in [1.29, 1.82) is 0 Å². The van der Waals surface area contributed by atoms with E-state index >= 15 is 0 Å². The molecule has 0 aliphatic rings. The second-order valence-electron chi connectivity index (χ2n) is 2.79. The molecule has 1 atom stereocenters. The van der Waals surface area contributed by atoms with Crippen molar-refractivity contribution in [2.75, 3.05) is 6.54 Å². The van der Waals surface area contributed by atoms with Crippen molar-refractivity contribution in [2.24, 2.45) is 0 Å². The number of hydrogen-bond donors (Lipinski definition) is 1. The summed E-state index contributed by atoms with van der Waals surface area (Å²) in [6.45, 7) is -1.09. The minimum atomic E-state index is -2.00. The predicted octanol–water partition coefficient (Wildman–Crippen LogP) is 1.41. The van der Waals surface area contributed by atoms with Crippen LogP contribution in [0.15, 0.2) is 12.1 Å². The lowest BCUT2D eigenvalue weighted by molar-refractivity contribution is -0.491. The van der Waals surface area contributed by atoms with E-state index in [1.807, 2.05) is 0 Å². The zero-order valence-electron chi connectivity index (χ0n) is 7.28. The van der Waals surface area contributed by atoms with Crippen molar-refractivity contribution < 1.29 is 23.2 Å². The fraction of sp³-hybridized carbons (Fsp3) is 0.250. The van der Waals surface area contributed by atoms with Gasteiger partial charge in [-0.1, -0.05) is 0 Å². The Balaban J connectivity index is 3.12. The molecule has 1 aromatic carbocycles. The van der Waals surface area contributed by atoms with Crippen LogP contribution in [0.2, 0.25) is 0 Å². The Morgan fingerprint density at radius 2 is 1.87 bits per heavy atom. The summed E-state index contributed by atoms with van der Waals surface area (Å²) in [6, 6.07) is 1.13. The first-order valence-electron chi connectivity index (χ1n) is 3.86. The lowest BCUT2D eigenvalue weighted by Crippen LogP contribution is -2.15. The fourth-order valence-corrected chi connectivity index (χ4v) is 1.08. The number of nitro groups is 1. The van der Waals surface area contributed by atoms with Crippen LogP contribution in [0.5, 0.6) is 0 Å². The zero-order chi connectivity index (χ0) is 11.6. The molecule has 0 aromatic heterocycles. The number of halogens is 3. The maximum absolute atomic E-state index is 13.0. The van der Waals surface area contributed by atoms with Crippen molar-refractivity contribution >= 4 is 0 Å². The van der Waals surface area contributed by atoms with Gasteiger partial charge >= 0.3 is 0 Å². The molecule has 0 fully saturated rings. The molecule has 1 rings (SSSR count). The third kappa shape index (κ3) is 2.44. The van der Waals surface area contributed by atoms with Gasteiger partial charge in [-0.2, -0.15) is 0 Å². The molecule has 7 heteroatoms. The van der Waals surface area contributed by atoms with Crippen molar-refractivity contribution in [3.05, 3.63) is 45.3 Å². The van der Waals surface area contributed by atoms with Gasteiger partial charge in [0.05, 0.1) is 5.56 Å². The minimum Gasteiger partial charge on any atom is -0.381 e. The first kappa shape index (κ1) is 11.4. The highest BCUT2D eigenvalue weighted by Gasteiger charge is 2.24. The molecule has 0 aliphatic heterocycles. The third-order valence-electron chi connectivity index (χ3n) is 1.73. The van der Waals surface area contributed by atoms with Gasteiger partial charge in [-0.15, -0.1) is 0 Å². The van der Waals surface area contributed by atoms with Crippen LogP contribution in [0.3, 0.4) is 0 Å². The Kier molecular flexibility index (Phi) is 3.25. The Labute approximate surface area is 82.1 Å². The van der Waals surface area contributed by atoms with E-state index in [4.69, 9.17) is 5.11 Å². The first-order chi connectivity index (χ1) is 6.93. The van der Waals surface area contributed by atoms with Gasteiger partial charge in [-0.25, -0.2) is 13.2 Å². The van der Waals surface area contributed by atoms with E-state index in [0.717, 1.165) is 0 Å². The summed E-state index contributed by atoms with van der Waals surface area (Å²) < 4.78 is 38.5. The van der Waals surface area contributed by atoms with Gasteiger partial charge in [0.1, 0.15) is 11.9 Å². The van der Waals surface area contributed by atoms with Gasteiger partial charge in [0.2, 0.25) is 6.54 Å². The maximum atomic E-state index is 13.0. The quantitative estimate of drug-likeness (QED) is 0.477. The highest BCUT2D eigenvalue weighted by molar-refractivity contribution is 5.23. The van der Waals surface area contributed by atoms with Crippen molar-refractivity contribution in [3.63, 3.8) is 0 Å². The molecule has 1 unspecified atom stereocenters. The van der Waals surface area contributed by atoms with Gasteiger partial charge in [0.25, 0.3) is 0 Å². The van der Waals surface area contributed by atoms with Crippen LogP contribution < -0.4 is 0 Å². The standard InChI is InChI=1S/C8H6F3NO3/c9-4-1-2-5(10)8(11)7(4)6(13)3-12(14)15/h1-2,6,13H,3H2. The van der Waals surface area contributed by atoms with Crippen LogP contribution in [0, 0.1) is 27.6 Å². The highest BCUT2D eigenvalue weighted by Crippen LogP contribution is 2.22. The number of aliphatic hydroxyl groups is 1. The minimum absolute atomic E-state index is 0.535. The van der Waals surface area contributed by atoms with E-state index in [-0.39, 0.29) is 0 Å². The first-order valence-corrected chi connectivity index (χ1v) is 3.86. The van der Waals surface area contributed by atoms with E-state index in [2.05, 4.69) is 0 Å². The predicted molar refractivity (Wildman–Crippen MR) is 43.1 cm³/mol. The van der Waals surface area contributed by atoms with E-state index in [1.165, 1.54) is 0 Å². The molecule has 1 aromatic rings. The zero-order valence-corrected chi connectivity index (χ0v) is 7.28. The number of rotatable bonds is 3. The summed E-state index contributed by atoms with van der Waals surface area (Å²) in [5.41, 5.74) is -1.02. The molecule has 0 radical (unpaired) electrons.